The molecule has 0 bridgehead atoms. The van der Waals surface area contributed by atoms with Crippen LogP contribution in [-0.4, -0.2) is 56.5 Å². The number of hydrazine groups is 1. The summed E-state index contributed by atoms with van der Waals surface area (Å²) in [5.74, 6) is 8.17. The Balaban J connectivity index is 0.000000549. The van der Waals surface area contributed by atoms with Crippen molar-refractivity contribution in [3.8, 4) is 10.6 Å². The summed E-state index contributed by atoms with van der Waals surface area (Å²) in [5, 5.41) is 11.8. The van der Waals surface area contributed by atoms with Gasteiger partial charge in [0.1, 0.15) is 5.69 Å². The Morgan fingerprint density at radius 1 is 1.27 bits per heavy atom. The van der Waals surface area contributed by atoms with Crippen LogP contribution in [0, 0.1) is 12.3 Å². The lowest BCUT2D eigenvalue weighted by Gasteiger charge is -2.22. The molecule has 0 spiro atoms. The molecule has 1 fully saturated rings. The first-order valence-electron chi connectivity index (χ1n) is 10.9. The largest absolute Gasteiger partial charge is 0.391 e. The van der Waals surface area contributed by atoms with Gasteiger partial charge in [0.05, 0.1) is 46.8 Å². The van der Waals surface area contributed by atoms with Crippen LogP contribution in [0.1, 0.15) is 58.8 Å². The molecule has 1 aliphatic heterocycles. The van der Waals surface area contributed by atoms with Gasteiger partial charge in [-0.05, 0) is 18.8 Å². The van der Waals surface area contributed by atoms with E-state index in [-0.39, 0.29) is 17.4 Å². The van der Waals surface area contributed by atoms with Gasteiger partial charge >= 0.3 is 0 Å². The van der Waals surface area contributed by atoms with Crippen LogP contribution >= 0.6 is 11.3 Å². The van der Waals surface area contributed by atoms with E-state index in [1.165, 1.54) is 0 Å². The van der Waals surface area contributed by atoms with Crippen molar-refractivity contribution in [2.45, 2.75) is 67.0 Å². The van der Waals surface area contributed by atoms with Gasteiger partial charge in [0.2, 0.25) is 12.3 Å². The Hall–Kier alpha value is -2.47. The number of amides is 2. The van der Waals surface area contributed by atoms with Crippen molar-refractivity contribution < 1.29 is 14.7 Å². The Morgan fingerprint density at radius 2 is 1.94 bits per heavy atom. The second-order valence-corrected chi connectivity index (χ2v) is 9.03. The van der Waals surface area contributed by atoms with Crippen molar-refractivity contribution in [1.29, 1.82) is 0 Å². The number of rotatable bonds is 5. The molecule has 10 nitrogen and oxygen atoms in total. The standard InChI is InChI=1S/C10H10N4OS.C10H19NO2.C2H6.H4N2/c1-7-10(16-6-14-7)9-4-12-8(3-13-9)2-11-5-15;1-10(2,3)6-9(13)11-5-4-8(12)7-11;2*1-2/h3-6H,2H2,1H3,(H,11,15);8,12H,4-7H2,1-3H3;1-2H3;1-2H2. The number of nitrogens with one attached hydrogen (secondary N) is 1. The predicted molar refractivity (Wildman–Crippen MR) is 132 cm³/mol. The second-order valence-electron chi connectivity index (χ2n) is 8.18. The number of carbonyl (C=O) groups is 2. The van der Waals surface area contributed by atoms with Crippen LogP contribution in [0.15, 0.2) is 17.9 Å². The highest BCUT2D eigenvalue weighted by molar-refractivity contribution is 7.13. The molecule has 2 amide bonds. The molecule has 1 atom stereocenters. The zero-order valence-corrected chi connectivity index (χ0v) is 21.4. The van der Waals surface area contributed by atoms with E-state index in [0.717, 1.165) is 34.9 Å². The quantitative estimate of drug-likeness (QED) is 0.286. The molecule has 11 heteroatoms. The summed E-state index contributed by atoms with van der Waals surface area (Å²) in [6.45, 7) is 13.7. The van der Waals surface area contributed by atoms with Crippen molar-refractivity contribution in [3.63, 3.8) is 0 Å². The molecule has 0 saturated carbocycles. The summed E-state index contributed by atoms with van der Waals surface area (Å²) in [4.78, 5) is 37.2. The summed E-state index contributed by atoms with van der Waals surface area (Å²) in [7, 11) is 0. The molecule has 1 aliphatic rings. The number of aryl methyl sites for hydroxylation is 1. The number of hydrogen-bond acceptors (Lipinski definition) is 9. The highest BCUT2D eigenvalue weighted by Crippen LogP contribution is 2.24. The summed E-state index contributed by atoms with van der Waals surface area (Å²) < 4.78 is 0. The minimum atomic E-state index is -0.302. The molecule has 0 aromatic carbocycles. The zero-order valence-electron chi connectivity index (χ0n) is 20.5. The first-order chi connectivity index (χ1) is 15.7. The maximum absolute atomic E-state index is 11.6. The first-order valence-corrected chi connectivity index (χ1v) is 11.7. The van der Waals surface area contributed by atoms with Gasteiger partial charge in [-0.15, -0.1) is 11.3 Å². The van der Waals surface area contributed by atoms with Crippen molar-refractivity contribution in [3.05, 3.63) is 29.3 Å². The van der Waals surface area contributed by atoms with Crippen LogP contribution in [0.5, 0.6) is 0 Å². The zero-order chi connectivity index (χ0) is 25.4. The van der Waals surface area contributed by atoms with E-state index in [4.69, 9.17) is 0 Å². The van der Waals surface area contributed by atoms with Crippen LogP contribution in [0.2, 0.25) is 0 Å². The summed E-state index contributed by atoms with van der Waals surface area (Å²) >= 11 is 1.54. The van der Waals surface area contributed by atoms with E-state index in [1.54, 1.807) is 34.1 Å². The van der Waals surface area contributed by atoms with Crippen molar-refractivity contribution in [1.82, 2.24) is 25.2 Å². The number of aliphatic hydroxyl groups is 1. The van der Waals surface area contributed by atoms with Crippen molar-refractivity contribution in [2.75, 3.05) is 13.1 Å². The average Bonchev–Trinajstić information content (AvgIpc) is 3.43. The molecule has 33 heavy (non-hydrogen) atoms. The van der Waals surface area contributed by atoms with E-state index < -0.39 is 0 Å². The normalized spacial score (nSPS) is 14.6. The predicted octanol–water partition coefficient (Wildman–Crippen LogP) is 2.02. The lowest BCUT2D eigenvalue weighted by molar-refractivity contribution is -0.132. The molecule has 1 unspecified atom stereocenters. The van der Waals surface area contributed by atoms with Crippen LogP contribution in [0.3, 0.4) is 0 Å². The van der Waals surface area contributed by atoms with Gasteiger partial charge in [0, 0.05) is 19.5 Å². The van der Waals surface area contributed by atoms with Crippen LogP contribution in [0.25, 0.3) is 10.6 Å². The minimum absolute atomic E-state index is 0.0463. The van der Waals surface area contributed by atoms with Crippen LogP contribution in [-0.2, 0) is 16.1 Å². The fourth-order valence-electron chi connectivity index (χ4n) is 2.79. The number of β-amino-alcohol motifs (C(OH)–C–C–N with tert-alkyl or cyclic N) is 1. The molecule has 3 rings (SSSR count). The Kier molecular flexibility index (Phi) is 15.0. The number of aliphatic hydroxyl groups excluding tert-OH is 1. The molecule has 1 saturated heterocycles. The molecular weight excluding hydrogens is 442 g/mol. The lowest BCUT2D eigenvalue weighted by Crippen LogP contribution is -2.32. The average molecular weight is 482 g/mol. The molecule has 186 valence electrons. The third-order valence-corrected chi connectivity index (χ3v) is 5.20. The Morgan fingerprint density at radius 3 is 2.36 bits per heavy atom. The highest BCUT2D eigenvalue weighted by atomic mass is 32.1. The SMILES string of the molecule is CC.CC(C)(C)CC(=O)N1CCC(O)C1.Cc1ncsc1-c1cnc(CNC=O)cn1.NN. The number of hydrogen-bond donors (Lipinski definition) is 4. The van der Waals surface area contributed by atoms with E-state index in [9.17, 15) is 14.7 Å². The van der Waals surface area contributed by atoms with Crippen molar-refractivity contribution in [2.24, 2.45) is 17.1 Å². The van der Waals surface area contributed by atoms with E-state index in [2.05, 4.69) is 52.7 Å². The van der Waals surface area contributed by atoms with Gasteiger partial charge < -0.3 is 15.3 Å². The number of thiazole rings is 1. The van der Waals surface area contributed by atoms with Crippen LogP contribution < -0.4 is 17.0 Å². The highest BCUT2D eigenvalue weighted by Gasteiger charge is 2.27. The van der Waals surface area contributed by atoms with Gasteiger partial charge in [0.15, 0.2) is 0 Å². The monoisotopic (exact) mass is 481 g/mol. The molecule has 0 radical (unpaired) electrons. The number of nitrogens with zero attached hydrogens (tertiary/aromatic N) is 4. The van der Waals surface area contributed by atoms with Gasteiger partial charge in [-0.25, -0.2) is 4.98 Å². The third kappa shape index (κ3) is 11.8. The topological polar surface area (TPSA) is 160 Å². The van der Waals surface area contributed by atoms with Gasteiger partial charge in [-0.2, -0.15) is 0 Å². The molecule has 3 heterocycles. The number of nitrogens with two attached hydrogens (primary N) is 2. The summed E-state index contributed by atoms with van der Waals surface area (Å²) in [6.07, 6.45) is 5.00. The smallest absolute Gasteiger partial charge is 0.223 e. The summed E-state index contributed by atoms with van der Waals surface area (Å²) in [5.41, 5.74) is 4.34. The molecule has 0 aliphatic carbocycles. The van der Waals surface area contributed by atoms with Gasteiger partial charge in [0.25, 0.3) is 0 Å². The van der Waals surface area contributed by atoms with Gasteiger partial charge in [-0.3, -0.25) is 31.2 Å². The number of carbonyl (C=O) groups excluding carboxylic acids is 2. The molecular formula is C22H39N7O3S. The Bertz CT molecular complexity index is 807. The van der Waals surface area contributed by atoms with Crippen LogP contribution in [0.4, 0.5) is 0 Å². The molecule has 2 aromatic rings. The summed E-state index contributed by atoms with van der Waals surface area (Å²) in [6, 6.07) is 0. The number of aromatic nitrogens is 3. The van der Waals surface area contributed by atoms with Gasteiger partial charge in [-0.1, -0.05) is 34.6 Å². The van der Waals surface area contributed by atoms with E-state index in [1.807, 2.05) is 20.8 Å². The minimum Gasteiger partial charge on any atom is -0.391 e. The molecule has 2 aromatic heterocycles. The van der Waals surface area contributed by atoms with E-state index in [0.29, 0.717) is 25.9 Å². The first kappa shape index (κ1) is 30.5. The Labute approximate surface area is 200 Å². The van der Waals surface area contributed by atoms with E-state index >= 15 is 0 Å². The second kappa shape index (κ2) is 16.2. The maximum atomic E-state index is 11.6. The maximum Gasteiger partial charge on any atom is 0.223 e. The molecule has 6 N–H and O–H groups in total. The third-order valence-electron chi connectivity index (χ3n) is 4.25. The fraction of sp³-hybridized carbons (Fsp3) is 0.591. The van der Waals surface area contributed by atoms with Crippen molar-refractivity contribution >= 4 is 23.7 Å². The fourth-order valence-corrected chi connectivity index (χ4v) is 3.56. The lowest BCUT2D eigenvalue weighted by atomic mass is 9.92. The number of likely N-dealkylation sites (tertiary alicyclic amines) is 1.